The Kier molecular flexibility index (Phi) is 7.09. The summed E-state index contributed by atoms with van der Waals surface area (Å²) < 4.78 is 6.24. The molecular weight excluding hydrogens is 603 g/mol. The molecular formula is C43H29N5O. The van der Waals surface area contributed by atoms with Gasteiger partial charge in [-0.2, -0.15) is 0 Å². The second-order valence-corrected chi connectivity index (χ2v) is 11.9. The maximum Gasteiger partial charge on any atom is 0.169 e. The molecule has 0 fully saturated rings. The zero-order chi connectivity index (χ0) is 32.6. The highest BCUT2D eigenvalue weighted by Crippen LogP contribution is 2.34. The van der Waals surface area contributed by atoms with E-state index in [9.17, 15) is 0 Å². The second kappa shape index (κ2) is 12.2. The van der Waals surface area contributed by atoms with Crippen LogP contribution in [0.5, 0.6) is 0 Å². The Morgan fingerprint density at radius 3 is 1.69 bits per heavy atom. The molecule has 6 nitrogen and oxygen atoms in total. The van der Waals surface area contributed by atoms with Crippen molar-refractivity contribution >= 4 is 33.6 Å². The van der Waals surface area contributed by atoms with Gasteiger partial charge in [-0.3, -0.25) is 0 Å². The van der Waals surface area contributed by atoms with Gasteiger partial charge in [0.25, 0.3) is 0 Å². The molecule has 0 saturated carbocycles. The molecule has 6 heteroatoms. The first-order valence-electron chi connectivity index (χ1n) is 16.3. The van der Waals surface area contributed by atoms with Gasteiger partial charge in [-0.05, 0) is 35.9 Å². The molecule has 0 spiro atoms. The van der Waals surface area contributed by atoms with Crippen LogP contribution in [0.1, 0.15) is 22.9 Å². The van der Waals surface area contributed by atoms with E-state index in [0.29, 0.717) is 5.82 Å². The monoisotopic (exact) mass is 631 g/mol. The van der Waals surface area contributed by atoms with E-state index < -0.39 is 6.17 Å². The van der Waals surface area contributed by atoms with Crippen molar-refractivity contribution in [1.29, 1.82) is 0 Å². The first-order chi connectivity index (χ1) is 24.2. The molecule has 49 heavy (non-hydrogen) atoms. The number of nitrogens with zero attached hydrogens (tertiary/aromatic N) is 4. The van der Waals surface area contributed by atoms with Gasteiger partial charge in [0, 0.05) is 38.6 Å². The maximum absolute atomic E-state index is 6.24. The minimum absolute atomic E-state index is 0.459. The van der Waals surface area contributed by atoms with E-state index in [2.05, 4.69) is 78.1 Å². The lowest BCUT2D eigenvalue weighted by Gasteiger charge is -2.22. The van der Waals surface area contributed by atoms with Crippen molar-refractivity contribution in [2.24, 2.45) is 9.98 Å². The summed E-state index contributed by atoms with van der Waals surface area (Å²) in [6, 6.07) is 55.2. The van der Waals surface area contributed by atoms with Crippen molar-refractivity contribution < 1.29 is 4.42 Å². The molecule has 2 aromatic heterocycles. The summed E-state index contributed by atoms with van der Waals surface area (Å²) in [5.74, 6) is 2.17. The fourth-order valence-electron chi connectivity index (χ4n) is 6.29. The molecule has 8 aromatic rings. The summed E-state index contributed by atoms with van der Waals surface area (Å²) in [5.41, 5.74) is 9.14. The van der Waals surface area contributed by atoms with Crippen LogP contribution in [-0.2, 0) is 0 Å². The number of rotatable bonds is 6. The summed E-state index contributed by atoms with van der Waals surface area (Å²) in [5, 5.41) is 5.65. The van der Waals surface area contributed by atoms with Gasteiger partial charge in [-0.15, -0.1) is 0 Å². The van der Waals surface area contributed by atoms with E-state index in [-0.39, 0.29) is 0 Å². The smallest absolute Gasteiger partial charge is 0.169 e. The first-order valence-corrected chi connectivity index (χ1v) is 16.3. The van der Waals surface area contributed by atoms with Gasteiger partial charge in [-0.1, -0.05) is 133 Å². The highest BCUT2D eigenvalue weighted by Gasteiger charge is 2.21. The number of hydrogen-bond donors (Lipinski definition) is 1. The van der Waals surface area contributed by atoms with Gasteiger partial charge in [-0.25, -0.2) is 20.0 Å². The van der Waals surface area contributed by atoms with E-state index in [1.54, 1.807) is 0 Å². The lowest BCUT2D eigenvalue weighted by atomic mass is 10.0. The standard InChI is InChI=1S/C43H29N5O/c1-4-13-28(14-5-1)36-27-37(31-23-24-35-34-21-10-11-22-38(34)49-39(35)26-31)45-42(44-36)32-19-12-20-33(25-32)43-47-40(29-15-6-2-7-16-29)46-41(48-43)30-17-8-3-9-18-30/h1-27,43H,(H,46,47,48). The molecule has 6 aromatic carbocycles. The number of amidine groups is 2. The van der Waals surface area contributed by atoms with Gasteiger partial charge >= 0.3 is 0 Å². The first kappa shape index (κ1) is 28.6. The van der Waals surface area contributed by atoms with E-state index in [1.807, 2.05) is 91.0 Å². The predicted molar refractivity (Wildman–Crippen MR) is 197 cm³/mol. The topological polar surface area (TPSA) is 75.7 Å². The number of para-hydroxylation sites is 1. The van der Waals surface area contributed by atoms with Crippen molar-refractivity contribution in [3.8, 4) is 33.9 Å². The second-order valence-electron chi connectivity index (χ2n) is 11.9. The third-order valence-corrected chi connectivity index (χ3v) is 8.75. The van der Waals surface area contributed by atoms with Crippen LogP contribution < -0.4 is 5.32 Å². The van der Waals surface area contributed by atoms with Gasteiger partial charge in [0.1, 0.15) is 22.8 Å². The largest absolute Gasteiger partial charge is 0.456 e. The number of fused-ring (bicyclic) bond motifs is 3. The van der Waals surface area contributed by atoms with Crippen LogP contribution in [0.2, 0.25) is 0 Å². The van der Waals surface area contributed by atoms with Crippen LogP contribution >= 0.6 is 0 Å². The third-order valence-electron chi connectivity index (χ3n) is 8.75. The lowest BCUT2D eigenvalue weighted by Crippen LogP contribution is -2.35. The van der Waals surface area contributed by atoms with Gasteiger partial charge < -0.3 is 9.73 Å². The Bertz CT molecular complexity index is 2470. The quantitative estimate of drug-likeness (QED) is 0.198. The third kappa shape index (κ3) is 5.55. The van der Waals surface area contributed by atoms with Crippen LogP contribution in [0.15, 0.2) is 178 Å². The highest BCUT2D eigenvalue weighted by molar-refractivity contribution is 6.15. The molecule has 0 saturated heterocycles. The van der Waals surface area contributed by atoms with E-state index in [1.165, 1.54) is 0 Å². The average Bonchev–Trinajstić information content (AvgIpc) is 3.57. The lowest BCUT2D eigenvalue weighted by molar-refractivity contribution is 0.669. The molecule has 9 rings (SSSR count). The van der Waals surface area contributed by atoms with Crippen molar-refractivity contribution in [1.82, 2.24) is 15.3 Å². The molecule has 0 aliphatic carbocycles. The zero-order valence-corrected chi connectivity index (χ0v) is 26.4. The van der Waals surface area contributed by atoms with E-state index >= 15 is 0 Å². The molecule has 1 N–H and O–H groups in total. The van der Waals surface area contributed by atoms with Crippen LogP contribution in [0, 0.1) is 0 Å². The fraction of sp³-hybridized carbons (Fsp3) is 0.0233. The number of aromatic nitrogens is 2. The molecule has 0 radical (unpaired) electrons. The number of furan rings is 1. The van der Waals surface area contributed by atoms with Crippen LogP contribution in [0.3, 0.4) is 0 Å². The average molecular weight is 632 g/mol. The number of nitrogens with one attached hydrogen (secondary N) is 1. The minimum atomic E-state index is -0.459. The minimum Gasteiger partial charge on any atom is -0.456 e. The Balaban J connectivity index is 1.16. The van der Waals surface area contributed by atoms with Crippen molar-refractivity contribution in [3.05, 3.63) is 180 Å². The Hall–Kier alpha value is -6.66. The van der Waals surface area contributed by atoms with Crippen molar-refractivity contribution in [3.63, 3.8) is 0 Å². The number of aliphatic imine (C=N–C) groups is 2. The maximum atomic E-state index is 6.24. The molecule has 0 amide bonds. The van der Waals surface area contributed by atoms with Gasteiger partial charge in [0.2, 0.25) is 0 Å². The highest BCUT2D eigenvalue weighted by atomic mass is 16.3. The molecule has 0 bridgehead atoms. The normalized spacial score (nSPS) is 13.2. The number of hydrogen-bond acceptors (Lipinski definition) is 6. The molecule has 232 valence electrons. The summed E-state index contributed by atoms with van der Waals surface area (Å²) in [7, 11) is 0. The summed E-state index contributed by atoms with van der Waals surface area (Å²) in [6.07, 6.45) is -0.459. The van der Waals surface area contributed by atoms with E-state index in [0.717, 1.165) is 78.4 Å². The van der Waals surface area contributed by atoms with E-state index in [4.69, 9.17) is 24.4 Å². The summed E-state index contributed by atoms with van der Waals surface area (Å²) >= 11 is 0. The van der Waals surface area contributed by atoms with Gasteiger partial charge in [0.05, 0.1) is 11.4 Å². The molecule has 0 unspecified atom stereocenters. The summed E-state index contributed by atoms with van der Waals surface area (Å²) in [4.78, 5) is 20.4. The van der Waals surface area contributed by atoms with Crippen molar-refractivity contribution in [2.75, 3.05) is 0 Å². The Morgan fingerprint density at radius 1 is 0.429 bits per heavy atom. The fourth-order valence-corrected chi connectivity index (χ4v) is 6.29. The SMILES string of the molecule is c1ccc(C2=NC(c3cccc(-c4nc(-c5ccccc5)cc(-c5ccc6c(c5)oc5ccccc56)n4)c3)N=C(c3ccccc3)N2)cc1. The van der Waals surface area contributed by atoms with Crippen molar-refractivity contribution in [2.45, 2.75) is 6.17 Å². The number of benzene rings is 6. The predicted octanol–water partition coefficient (Wildman–Crippen LogP) is 9.87. The van der Waals surface area contributed by atoms with Crippen LogP contribution in [0.25, 0.3) is 55.8 Å². The Labute approximate surface area is 283 Å². The van der Waals surface area contributed by atoms with Crippen LogP contribution in [-0.4, -0.2) is 21.6 Å². The van der Waals surface area contributed by atoms with Gasteiger partial charge in [0.15, 0.2) is 12.0 Å². The Morgan fingerprint density at radius 2 is 1.00 bits per heavy atom. The molecule has 3 heterocycles. The molecule has 1 aliphatic heterocycles. The zero-order valence-electron chi connectivity index (χ0n) is 26.4. The molecule has 0 atom stereocenters. The van der Waals surface area contributed by atoms with Crippen LogP contribution in [0.4, 0.5) is 0 Å². The summed E-state index contributed by atoms with van der Waals surface area (Å²) in [6.45, 7) is 0. The molecule has 1 aliphatic rings.